The van der Waals surface area contributed by atoms with E-state index in [0.29, 0.717) is 0 Å². The summed E-state index contributed by atoms with van der Waals surface area (Å²) in [5.74, 6) is 1.97. The van der Waals surface area contributed by atoms with E-state index in [1.807, 2.05) is 0 Å². The molecule has 72 valence electrons. The first-order valence-electron chi connectivity index (χ1n) is 4.77. The van der Waals surface area contributed by atoms with Crippen molar-refractivity contribution in [3.63, 3.8) is 0 Å². The van der Waals surface area contributed by atoms with Crippen LogP contribution >= 0.6 is 11.1 Å². The maximum Gasteiger partial charge on any atom is 0.0116 e. The van der Waals surface area contributed by atoms with Gasteiger partial charge in [0.15, 0.2) is 0 Å². The van der Waals surface area contributed by atoms with Crippen molar-refractivity contribution in [2.75, 3.05) is 45.7 Å². The van der Waals surface area contributed by atoms with Crippen LogP contribution in [-0.4, -0.2) is 54.9 Å². The lowest BCUT2D eigenvalue weighted by Gasteiger charge is -2.25. The predicted octanol–water partition coefficient (Wildman–Crippen LogP) is 0.656. The maximum absolute atomic E-state index is 2.69. The molecule has 0 amide bonds. The Labute approximate surface area is 78.4 Å². The van der Waals surface area contributed by atoms with Gasteiger partial charge in [-0.2, -0.15) is 0 Å². The highest BCUT2D eigenvalue weighted by atomic mass is 32.2. The second kappa shape index (κ2) is 3.20. The van der Waals surface area contributed by atoms with Gasteiger partial charge >= 0.3 is 0 Å². The number of hydrogen-bond acceptors (Lipinski definition) is 2. The van der Waals surface area contributed by atoms with Crippen LogP contribution in [0.2, 0.25) is 0 Å². The van der Waals surface area contributed by atoms with Crippen LogP contribution in [0.15, 0.2) is 0 Å². The van der Waals surface area contributed by atoms with Crippen molar-refractivity contribution >= 4 is 11.1 Å². The van der Waals surface area contributed by atoms with Crippen molar-refractivity contribution in [2.45, 2.75) is 0 Å². The van der Waals surface area contributed by atoms with Crippen molar-refractivity contribution in [1.82, 2.24) is 9.21 Å². The van der Waals surface area contributed by atoms with E-state index in [0.717, 1.165) is 11.8 Å². The molecule has 3 heteroatoms. The molecule has 0 aliphatic carbocycles. The van der Waals surface area contributed by atoms with E-state index < -0.39 is 0 Å². The molecule has 0 unspecified atom stereocenters. The average molecular weight is 188 g/mol. The lowest BCUT2D eigenvalue weighted by atomic mass is 10.0. The molecule has 0 N–H and O–H groups in total. The van der Waals surface area contributed by atoms with E-state index in [4.69, 9.17) is 0 Å². The zero-order chi connectivity index (χ0) is 8.72. The summed E-state index contributed by atoms with van der Waals surface area (Å²) < 4.78 is 2.69. The van der Waals surface area contributed by atoms with Gasteiger partial charge in [-0.05, 0) is 31.4 Å². The Balaban J connectivity index is 1.93. The zero-order valence-corrected chi connectivity index (χ0v) is 9.22. The quantitative estimate of drug-likeness (QED) is 0.604. The average Bonchev–Trinajstić information content (AvgIpc) is 2.42. The van der Waals surface area contributed by atoms with Crippen molar-refractivity contribution in [1.29, 1.82) is 0 Å². The summed E-state index contributed by atoms with van der Waals surface area (Å²) in [7, 11) is 2.25. The van der Waals surface area contributed by atoms with Crippen LogP contribution in [0.1, 0.15) is 0 Å². The second-order valence-corrected chi connectivity index (χ2v) is 6.72. The Kier molecular flexibility index (Phi) is 2.36. The third kappa shape index (κ3) is 1.50. The molecular formula is C9H20N2S. The first-order valence-corrected chi connectivity index (χ1v) is 6.96. The summed E-state index contributed by atoms with van der Waals surface area (Å²) in [6, 6.07) is 0. The van der Waals surface area contributed by atoms with Gasteiger partial charge in [-0.1, -0.05) is 0 Å². The largest absolute Gasteiger partial charge is 0.306 e. The van der Waals surface area contributed by atoms with E-state index in [9.17, 15) is 0 Å². The molecule has 0 spiro atoms. The van der Waals surface area contributed by atoms with Crippen LogP contribution in [0.4, 0.5) is 0 Å². The Morgan fingerprint density at radius 3 is 1.92 bits per heavy atom. The van der Waals surface area contributed by atoms with E-state index in [-0.39, 0.29) is 11.1 Å². The molecule has 0 bridgehead atoms. The SMILES string of the molecule is CN1C[C@@H]2CN([SH](C)C)C[C@@H]2C1. The van der Waals surface area contributed by atoms with Gasteiger partial charge in [-0.3, -0.25) is 4.31 Å². The summed E-state index contributed by atoms with van der Waals surface area (Å²) >= 11 is 0.174. The highest BCUT2D eigenvalue weighted by Crippen LogP contribution is 2.36. The van der Waals surface area contributed by atoms with Crippen molar-refractivity contribution in [3.05, 3.63) is 0 Å². The molecule has 0 saturated carbocycles. The number of hydrogen-bond donors (Lipinski definition) is 1. The van der Waals surface area contributed by atoms with E-state index in [1.165, 1.54) is 26.2 Å². The Morgan fingerprint density at radius 2 is 1.50 bits per heavy atom. The molecule has 2 atom stereocenters. The molecule has 0 radical (unpaired) electrons. The molecule has 2 nitrogen and oxygen atoms in total. The molecule has 0 aromatic carbocycles. The van der Waals surface area contributed by atoms with Gasteiger partial charge in [-0.15, -0.1) is 0 Å². The lowest BCUT2D eigenvalue weighted by molar-refractivity contribution is 0.359. The van der Waals surface area contributed by atoms with Gasteiger partial charge in [0.1, 0.15) is 0 Å². The summed E-state index contributed by atoms with van der Waals surface area (Å²) in [5.41, 5.74) is 0. The van der Waals surface area contributed by atoms with Gasteiger partial charge in [0, 0.05) is 26.2 Å². The molecule has 2 fully saturated rings. The molecule has 2 heterocycles. The van der Waals surface area contributed by atoms with Crippen molar-refractivity contribution < 1.29 is 0 Å². The molecule has 12 heavy (non-hydrogen) atoms. The van der Waals surface area contributed by atoms with Crippen LogP contribution in [0.25, 0.3) is 0 Å². The lowest BCUT2D eigenvalue weighted by Crippen LogP contribution is -2.24. The third-order valence-electron chi connectivity index (χ3n) is 3.22. The second-order valence-electron chi connectivity index (χ2n) is 4.46. The van der Waals surface area contributed by atoms with Crippen LogP contribution < -0.4 is 0 Å². The molecular weight excluding hydrogens is 168 g/mol. The fourth-order valence-electron chi connectivity index (χ4n) is 2.53. The number of fused-ring (bicyclic) bond motifs is 1. The fourth-order valence-corrected chi connectivity index (χ4v) is 3.60. The van der Waals surface area contributed by atoms with Gasteiger partial charge < -0.3 is 4.90 Å². The molecule has 2 aliphatic heterocycles. The van der Waals surface area contributed by atoms with Crippen LogP contribution in [-0.2, 0) is 0 Å². The molecule has 2 rings (SSSR count). The Bertz CT molecular complexity index is 158. The first kappa shape index (κ1) is 8.85. The van der Waals surface area contributed by atoms with Crippen LogP contribution in [0.3, 0.4) is 0 Å². The van der Waals surface area contributed by atoms with Crippen molar-refractivity contribution in [2.24, 2.45) is 11.8 Å². The smallest absolute Gasteiger partial charge is 0.0116 e. The summed E-state index contributed by atoms with van der Waals surface area (Å²) in [6.45, 7) is 5.41. The zero-order valence-electron chi connectivity index (χ0n) is 8.32. The van der Waals surface area contributed by atoms with Gasteiger partial charge in [0.05, 0.1) is 0 Å². The fraction of sp³-hybridized carbons (Fsp3) is 1.00. The minimum absolute atomic E-state index is 0.174. The normalized spacial score (nSPS) is 38.8. The standard InChI is InChI=1S/C9H20N2S/c1-10-4-8-6-11(12(2)3)7-9(8)5-10/h8-9,12H,4-7H2,1-3H3/t8-,9+. The van der Waals surface area contributed by atoms with E-state index in [2.05, 4.69) is 28.8 Å². The topological polar surface area (TPSA) is 6.48 Å². The maximum atomic E-state index is 2.69. The minimum atomic E-state index is 0.174. The monoisotopic (exact) mass is 188 g/mol. The van der Waals surface area contributed by atoms with E-state index >= 15 is 0 Å². The number of rotatable bonds is 1. The number of thiol groups is 1. The summed E-state index contributed by atoms with van der Waals surface area (Å²) in [5, 5.41) is 0. The summed E-state index contributed by atoms with van der Waals surface area (Å²) in [6.07, 6.45) is 4.75. The molecule has 2 aliphatic rings. The minimum Gasteiger partial charge on any atom is -0.306 e. The Morgan fingerprint density at radius 1 is 1.00 bits per heavy atom. The first-order chi connectivity index (χ1) is 5.66. The van der Waals surface area contributed by atoms with Crippen molar-refractivity contribution in [3.8, 4) is 0 Å². The van der Waals surface area contributed by atoms with Gasteiger partial charge in [0.25, 0.3) is 0 Å². The van der Waals surface area contributed by atoms with Crippen LogP contribution in [0, 0.1) is 11.8 Å². The molecule has 0 aromatic rings. The highest BCUT2D eigenvalue weighted by Gasteiger charge is 2.38. The number of likely N-dealkylation sites (tertiary alicyclic amines) is 1. The molecule has 0 aromatic heterocycles. The number of nitrogens with zero attached hydrogens (tertiary/aromatic N) is 2. The predicted molar refractivity (Wildman–Crippen MR) is 56.9 cm³/mol. The van der Waals surface area contributed by atoms with Crippen LogP contribution in [0.5, 0.6) is 0 Å². The molecule has 2 saturated heterocycles. The van der Waals surface area contributed by atoms with Gasteiger partial charge in [0.2, 0.25) is 0 Å². The van der Waals surface area contributed by atoms with E-state index in [1.54, 1.807) is 0 Å². The Hall–Kier alpha value is 0.270. The summed E-state index contributed by atoms with van der Waals surface area (Å²) in [4.78, 5) is 2.49. The highest BCUT2D eigenvalue weighted by molar-refractivity contribution is 8.13. The van der Waals surface area contributed by atoms with Gasteiger partial charge in [-0.25, -0.2) is 11.1 Å². The third-order valence-corrected chi connectivity index (χ3v) is 4.67.